The van der Waals surface area contributed by atoms with Crippen LogP contribution in [-0.2, 0) is 10.8 Å². The summed E-state index contributed by atoms with van der Waals surface area (Å²) in [7, 11) is 1.79. The number of ether oxygens (including phenoxy) is 1. The highest BCUT2D eigenvalue weighted by molar-refractivity contribution is 7.85. The topological polar surface area (TPSA) is 66.2 Å². The number of nitrogens with zero attached hydrogens (tertiary/aromatic N) is 3. The molecule has 0 saturated heterocycles. The van der Waals surface area contributed by atoms with Crippen molar-refractivity contribution in [3.8, 4) is 5.75 Å². The number of pyridine rings is 1. The maximum atomic E-state index is 13.2. The van der Waals surface area contributed by atoms with E-state index in [2.05, 4.69) is 9.97 Å². The number of benzene rings is 1. The molecule has 24 heavy (non-hydrogen) atoms. The molecule has 1 aromatic carbocycles. The fraction of sp³-hybridized carbons (Fsp3) is 0.294. The number of aromatic nitrogens is 3. The van der Waals surface area contributed by atoms with Crippen LogP contribution < -0.4 is 9.57 Å². The quantitative estimate of drug-likeness (QED) is 0.727. The molecule has 0 fully saturated rings. The van der Waals surface area contributed by atoms with E-state index in [0.717, 1.165) is 39.3 Å². The summed E-state index contributed by atoms with van der Waals surface area (Å²) in [6, 6.07) is 7.57. The van der Waals surface area contributed by atoms with Crippen molar-refractivity contribution in [3.63, 3.8) is 0 Å². The minimum atomic E-state index is -1.40. The van der Waals surface area contributed by atoms with Gasteiger partial charge in [-0.05, 0) is 26.0 Å². The van der Waals surface area contributed by atoms with E-state index in [1.807, 2.05) is 38.1 Å². The van der Waals surface area contributed by atoms with Gasteiger partial charge in [-0.25, -0.2) is 9.19 Å². The maximum absolute atomic E-state index is 13.2. The van der Waals surface area contributed by atoms with Crippen LogP contribution in [0.3, 0.4) is 0 Å². The zero-order valence-corrected chi connectivity index (χ0v) is 14.7. The summed E-state index contributed by atoms with van der Waals surface area (Å²) in [6.45, 7) is 3.89. The lowest BCUT2D eigenvalue weighted by molar-refractivity contribution is 0.153. The summed E-state index contributed by atoms with van der Waals surface area (Å²) in [5.41, 5.74) is 5.03. The molecule has 0 amide bonds. The van der Waals surface area contributed by atoms with Gasteiger partial charge in [0.1, 0.15) is 34.4 Å². The maximum Gasteiger partial charge on any atom is 0.235 e. The number of rotatable bonds is 4. The molecule has 2 aromatic heterocycles. The van der Waals surface area contributed by atoms with E-state index in [1.54, 1.807) is 14.2 Å². The second-order valence-electron chi connectivity index (χ2n) is 5.70. The van der Waals surface area contributed by atoms with E-state index in [0.29, 0.717) is 5.16 Å². The van der Waals surface area contributed by atoms with Crippen LogP contribution in [0.1, 0.15) is 27.8 Å². The van der Waals surface area contributed by atoms with Crippen molar-refractivity contribution in [2.75, 3.05) is 14.2 Å². The highest BCUT2D eigenvalue weighted by Gasteiger charge is 2.41. The van der Waals surface area contributed by atoms with Crippen LogP contribution in [0.25, 0.3) is 11.0 Å². The number of fused-ring (bicyclic) bond motifs is 3. The summed E-state index contributed by atoms with van der Waals surface area (Å²) >= 11 is 0. The van der Waals surface area contributed by atoms with Gasteiger partial charge < -0.3 is 9.57 Å². The van der Waals surface area contributed by atoms with E-state index < -0.39 is 10.8 Å². The minimum Gasteiger partial charge on any atom is -0.496 e. The summed E-state index contributed by atoms with van der Waals surface area (Å²) in [4.78, 5) is 14.5. The van der Waals surface area contributed by atoms with Gasteiger partial charge in [0, 0.05) is 11.1 Å². The highest BCUT2D eigenvalue weighted by atomic mass is 32.2. The second kappa shape index (κ2) is 5.31. The minimum absolute atomic E-state index is 0.283. The van der Waals surface area contributed by atoms with Crippen LogP contribution in [0.5, 0.6) is 5.75 Å². The highest BCUT2D eigenvalue weighted by Crippen LogP contribution is 2.46. The predicted molar refractivity (Wildman–Crippen MR) is 90.8 cm³/mol. The Bertz CT molecular complexity index is 968. The largest absolute Gasteiger partial charge is 0.496 e. The predicted octanol–water partition coefficient (Wildman–Crippen LogP) is 2.33. The molecule has 1 atom stereocenters. The lowest BCUT2D eigenvalue weighted by atomic mass is 9.94. The third kappa shape index (κ3) is 1.84. The van der Waals surface area contributed by atoms with Gasteiger partial charge in [-0.15, -0.1) is 0 Å². The van der Waals surface area contributed by atoms with E-state index in [9.17, 15) is 4.21 Å². The summed E-state index contributed by atoms with van der Waals surface area (Å²) < 4.78 is 20.2. The number of para-hydroxylation sites is 2. The molecule has 2 bridgehead atoms. The zero-order valence-electron chi connectivity index (χ0n) is 13.9. The van der Waals surface area contributed by atoms with Crippen molar-refractivity contribution in [2.24, 2.45) is 0 Å². The molecule has 2 aliphatic rings. The zero-order chi connectivity index (χ0) is 17.0. The van der Waals surface area contributed by atoms with Gasteiger partial charge in [0.05, 0.1) is 24.0 Å². The number of hydrogen-bond donors (Lipinski definition) is 0. The molecule has 6 nitrogen and oxygen atoms in total. The van der Waals surface area contributed by atoms with Gasteiger partial charge in [0.25, 0.3) is 0 Å². The Kier molecular flexibility index (Phi) is 3.35. The Balaban J connectivity index is 1.83. The molecular weight excluding hydrogens is 326 g/mol. The fourth-order valence-corrected chi connectivity index (χ4v) is 4.88. The Hall–Kier alpha value is -2.41. The first-order valence-electron chi connectivity index (χ1n) is 7.56. The number of hydrogen-bond acceptors (Lipinski definition) is 5. The van der Waals surface area contributed by atoms with E-state index in [-0.39, 0.29) is 5.25 Å². The van der Waals surface area contributed by atoms with E-state index >= 15 is 0 Å². The van der Waals surface area contributed by atoms with Crippen LogP contribution in [-0.4, -0.2) is 33.1 Å². The molecule has 0 radical (unpaired) electrons. The monoisotopic (exact) mass is 343 g/mol. The second-order valence-corrected chi connectivity index (χ2v) is 7.13. The smallest absolute Gasteiger partial charge is 0.235 e. The normalized spacial score (nSPS) is 14.5. The Morgan fingerprint density at radius 2 is 1.75 bits per heavy atom. The van der Waals surface area contributed by atoms with Crippen LogP contribution in [0.4, 0.5) is 0 Å². The summed E-state index contributed by atoms with van der Waals surface area (Å²) in [5, 5.41) is 0.115. The third-order valence-corrected chi connectivity index (χ3v) is 5.95. The Morgan fingerprint density at radius 3 is 2.38 bits per heavy atom. The van der Waals surface area contributed by atoms with Gasteiger partial charge in [0.15, 0.2) is 0 Å². The van der Waals surface area contributed by atoms with Crippen LogP contribution in [0.2, 0.25) is 0 Å². The van der Waals surface area contributed by atoms with Crippen molar-refractivity contribution in [2.45, 2.75) is 24.3 Å². The molecule has 124 valence electrons. The lowest BCUT2D eigenvalue weighted by Crippen LogP contribution is -2.27. The molecule has 3 aromatic rings. The number of methoxy groups -OCH3 is 1. The lowest BCUT2D eigenvalue weighted by Gasteiger charge is -2.30. The van der Waals surface area contributed by atoms with Crippen LogP contribution >= 0.6 is 0 Å². The van der Waals surface area contributed by atoms with Crippen molar-refractivity contribution < 1.29 is 13.8 Å². The first-order chi connectivity index (χ1) is 11.6. The molecule has 0 saturated carbocycles. The molecule has 7 heteroatoms. The third-order valence-electron chi connectivity index (χ3n) is 4.46. The fourth-order valence-electron chi connectivity index (χ4n) is 3.28. The van der Waals surface area contributed by atoms with E-state index in [4.69, 9.17) is 9.57 Å². The molecule has 1 unspecified atom stereocenters. The van der Waals surface area contributed by atoms with Crippen molar-refractivity contribution >= 4 is 21.8 Å². The summed E-state index contributed by atoms with van der Waals surface area (Å²) in [6.07, 6.45) is 0. The van der Waals surface area contributed by atoms with Gasteiger partial charge in [-0.3, -0.25) is 4.98 Å². The molecule has 1 aliphatic carbocycles. The first-order valence-corrected chi connectivity index (χ1v) is 8.77. The van der Waals surface area contributed by atoms with E-state index in [1.165, 1.54) is 4.73 Å². The molecule has 0 spiro atoms. The molecule has 1 aliphatic heterocycles. The summed E-state index contributed by atoms with van der Waals surface area (Å²) in [5.74, 6) is 0.823. The Labute approximate surface area is 141 Å². The van der Waals surface area contributed by atoms with Gasteiger partial charge in [-0.2, -0.15) is 4.73 Å². The van der Waals surface area contributed by atoms with Crippen LogP contribution in [0, 0.1) is 13.8 Å². The average Bonchev–Trinajstić information content (AvgIpc) is 2.92. The molecule has 0 N–H and O–H groups in total. The molecular formula is C17H17N3O3S. The molecule has 5 rings (SSSR count). The van der Waals surface area contributed by atoms with Gasteiger partial charge >= 0.3 is 0 Å². The SMILES string of the molecule is COC1=C(C)C2=NC(=C1C)C2S(=O)c1nc2ccccc2n1OC. The van der Waals surface area contributed by atoms with Crippen molar-refractivity contribution in [3.05, 3.63) is 46.8 Å². The van der Waals surface area contributed by atoms with Crippen molar-refractivity contribution in [1.82, 2.24) is 14.7 Å². The first kappa shape index (κ1) is 15.1. The van der Waals surface area contributed by atoms with Crippen molar-refractivity contribution in [1.29, 1.82) is 0 Å². The van der Waals surface area contributed by atoms with Crippen LogP contribution in [0.15, 0.2) is 29.4 Å². The molecule has 3 heterocycles. The van der Waals surface area contributed by atoms with Gasteiger partial charge in [-0.1, -0.05) is 12.1 Å². The number of imidazole rings is 1. The standard InChI is InChI=1S/C17H17N3O3S/c1-9-13-16(14(19-13)10(2)15(9)22-3)24(21)17-18-11-7-5-6-8-12(11)20(17)23-4/h5-8,16H,1-4H3. The Morgan fingerprint density at radius 1 is 1.08 bits per heavy atom. The van der Waals surface area contributed by atoms with Gasteiger partial charge in [0.2, 0.25) is 5.16 Å². The average molecular weight is 343 g/mol.